The van der Waals surface area contributed by atoms with Crippen molar-refractivity contribution in [1.29, 1.82) is 0 Å². The molecule has 1 heterocycles. The summed E-state index contributed by atoms with van der Waals surface area (Å²) in [5.41, 5.74) is 4.20. The summed E-state index contributed by atoms with van der Waals surface area (Å²) >= 11 is 0. The van der Waals surface area contributed by atoms with E-state index in [-0.39, 0.29) is 11.8 Å². The first-order chi connectivity index (χ1) is 11.1. The van der Waals surface area contributed by atoms with Crippen molar-refractivity contribution in [3.63, 3.8) is 0 Å². The quantitative estimate of drug-likeness (QED) is 0.809. The van der Waals surface area contributed by atoms with Crippen LogP contribution < -0.4 is 0 Å². The van der Waals surface area contributed by atoms with Gasteiger partial charge in [0.2, 0.25) is 0 Å². The van der Waals surface area contributed by atoms with Crippen molar-refractivity contribution >= 4 is 5.78 Å². The maximum Gasteiger partial charge on any atom is 0.184 e. The van der Waals surface area contributed by atoms with Crippen LogP contribution in [0.2, 0.25) is 0 Å². The van der Waals surface area contributed by atoms with Crippen LogP contribution in [-0.4, -0.2) is 37.0 Å². The number of benzene rings is 2. The second kappa shape index (κ2) is 7.07. The third kappa shape index (κ3) is 3.69. The number of hydrogen-bond donors (Lipinski definition) is 0. The molecule has 0 aliphatic carbocycles. The molecule has 2 aromatic carbocycles. The topological polar surface area (TPSA) is 29.5 Å². The van der Waals surface area contributed by atoms with Crippen molar-refractivity contribution in [3.8, 4) is 0 Å². The Kier molecular flexibility index (Phi) is 4.89. The highest BCUT2D eigenvalue weighted by molar-refractivity contribution is 6.00. The predicted molar refractivity (Wildman–Crippen MR) is 91.8 cm³/mol. The van der Waals surface area contributed by atoms with E-state index in [1.807, 2.05) is 31.2 Å². The van der Waals surface area contributed by atoms with Gasteiger partial charge in [0.05, 0.1) is 19.3 Å². The van der Waals surface area contributed by atoms with Gasteiger partial charge in [-0.1, -0.05) is 59.7 Å². The number of aryl methyl sites for hydroxylation is 2. The van der Waals surface area contributed by atoms with Gasteiger partial charge in [-0.2, -0.15) is 0 Å². The van der Waals surface area contributed by atoms with Gasteiger partial charge >= 0.3 is 0 Å². The zero-order valence-electron chi connectivity index (χ0n) is 13.8. The molecule has 0 spiro atoms. The number of ketones is 1. The van der Waals surface area contributed by atoms with E-state index in [0.29, 0.717) is 13.2 Å². The first kappa shape index (κ1) is 15.9. The van der Waals surface area contributed by atoms with Gasteiger partial charge in [-0.05, 0) is 19.4 Å². The number of nitrogens with zero attached hydrogens (tertiary/aromatic N) is 1. The predicted octanol–water partition coefficient (Wildman–Crippen LogP) is 3.56. The third-order valence-electron chi connectivity index (χ3n) is 4.39. The van der Waals surface area contributed by atoms with Gasteiger partial charge in [-0.3, -0.25) is 9.69 Å². The Balaban J connectivity index is 1.94. The minimum Gasteiger partial charge on any atom is -0.379 e. The first-order valence-electron chi connectivity index (χ1n) is 8.14. The molecule has 23 heavy (non-hydrogen) atoms. The van der Waals surface area contributed by atoms with Crippen molar-refractivity contribution in [2.45, 2.75) is 19.9 Å². The lowest BCUT2D eigenvalue weighted by Crippen LogP contribution is -2.42. The number of Topliss-reactive ketones (excluding diaryl/α,β-unsaturated/α-hetero) is 1. The number of rotatable bonds is 4. The Morgan fingerprint density at radius 1 is 0.913 bits per heavy atom. The number of hydrogen-bond acceptors (Lipinski definition) is 3. The zero-order valence-corrected chi connectivity index (χ0v) is 13.8. The van der Waals surface area contributed by atoms with Gasteiger partial charge in [0.25, 0.3) is 0 Å². The molecular weight excluding hydrogens is 286 g/mol. The molecule has 1 atom stereocenters. The normalized spacial score (nSPS) is 17.0. The molecule has 3 rings (SSSR count). The average Bonchev–Trinajstić information content (AvgIpc) is 2.58. The summed E-state index contributed by atoms with van der Waals surface area (Å²) in [5, 5.41) is 0. The summed E-state index contributed by atoms with van der Waals surface area (Å²) in [5.74, 6) is 0.163. The molecule has 1 unspecified atom stereocenters. The fraction of sp³-hybridized carbons (Fsp3) is 0.350. The van der Waals surface area contributed by atoms with E-state index in [0.717, 1.165) is 24.2 Å². The Labute approximate surface area is 137 Å². The molecule has 1 aliphatic heterocycles. The Hall–Kier alpha value is -1.97. The summed E-state index contributed by atoms with van der Waals surface area (Å²) < 4.78 is 5.45. The average molecular weight is 309 g/mol. The maximum absolute atomic E-state index is 13.2. The monoisotopic (exact) mass is 309 g/mol. The molecule has 2 aromatic rings. The molecule has 1 fully saturated rings. The van der Waals surface area contributed by atoms with Gasteiger partial charge in [-0.25, -0.2) is 0 Å². The SMILES string of the molecule is Cc1ccc(C(=O)C(c2ccc(C)cc2)N2CCOCC2)cc1. The number of carbonyl (C=O) groups is 1. The molecule has 3 heteroatoms. The van der Waals surface area contributed by atoms with E-state index in [9.17, 15) is 4.79 Å². The molecule has 3 nitrogen and oxygen atoms in total. The van der Waals surface area contributed by atoms with Crippen LogP contribution in [0.1, 0.15) is 33.1 Å². The van der Waals surface area contributed by atoms with Gasteiger partial charge in [-0.15, -0.1) is 0 Å². The highest BCUT2D eigenvalue weighted by Gasteiger charge is 2.29. The van der Waals surface area contributed by atoms with Crippen LogP contribution in [0.4, 0.5) is 0 Å². The second-order valence-electron chi connectivity index (χ2n) is 6.19. The zero-order chi connectivity index (χ0) is 16.2. The van der Waals surface area contributed by atoms with Crippen molar-refractivity contribution in [2.75, 3.05) is 26.3 Å². The summed E-state index contributed by atoms with van der Waals surface area (Å²) in [6.45, 7) is 7.04. The van der Waals surface area contributed by atoms with E-state index in [1.165, 1.54) is 11.1 Å². The van der Waals surface area contributed by atoms with Crippen molar-refractivity contribution in [2.24, 2.45) is 0 Å². The van der Waals surface area contributed by atoms with Gasteiger partial charge < -0.3 is 4.74 Å². The van der Waals surface area contributed by atoms with Crippen LogP contribution in [0.15, 0.2) is 48.5 Å². The van der Waals surface area contributed by atoms with Gasteiger partial charge in [0.15, 0.2) is 5.78 Å². The lowest BCUT2D eigenvalue weighted by Gasteiger charge is -2.34. The lowest BCUT2D eigenvalue weighted by molar-refractivity contribution is 0.0172. The van der Waals surface area contributed by atoms with Crippen molar-refractivity contribution in [1.82, 2.24) is 4.90 Å². The summed E-state index contributed by atoms with van der Waals surface area (Å²) in [6, 6.07) is 15.9. The van der Waals surface area contributed by atoms with Crippen LogP contribution in [0.25, 0.3) is 0 Å². The highest BCUT2D eigenvalue weighted by atomic mass is 16.5. The van der Waals surface area contributed by atoms with Gasteiger partial charge in [0.1, 0.15) is 0 Å². The van der Waals surface area contributed by atoms with Crippen molar-refractivity contribution in [3.05, 3.63) is 70.8 Å². The van der Waals surface area contributed by atoms with Crippen LogP contribution in [0.5, 0.6) is 0 Å². The third-order valence-corrected chi connectivity index (χ3v) is 4.39. The Morgan fingerprint density at radius 2 is 1.43 bits per heavy atom. The molecular formula is C20H23NO2. The molecule has 0 saturated carbocycles. The number of carbonyl (C=O) groups excluding carboxylic acids is 1. The minimum atomic E-state index is -0.234. The van der Waals surface area contributed by atoms with Crippen LogP contribution in [-0.2, 0) is 4.74 Å². The Bertz CT molecular complexity index is 655. The molecule has 0 aromatic heterocycles. The molecule has 0 amide bonds. The molecule has 120 valence electrons. The molecule has 0 bridgehead atoms. The van der Waals surface area contributed by atoms with E-state index < -0.39 is 0 Å². The number of morpholine rings is 1. The molecule has 0 radical (unpaired) electrons. The first-order valence-corrected chi connectivity index (χ1v) is 8.14. The minimum absolute atomic E-state index is 0.163. The summed E-state index contributed by atoms with van der Waals surface area (Å²) in [6.07, 6.45) is 0. The summed E-state index contributed by atoms with van der Waals surface area (Å²) in [4.78, 5) is 15.4. The van der Waals surface area contributed by atoms with E-state index in [1.54, 1.807) is 0 Å². The maximum atomic E-state index is 13.2. The van der Waals surface area contributed by atoms with Crippen LogP contribution >= 0.6 is 0 Å². The standard InChI is InChI=1S/C20H23NO2/c1-15-3-7-17(8-4-15)19(21-11-13-23-14-12-21)20(22)18-9-5-16(2)6-10-18/h3-10,19H,11-14H2,1-2H3. The van der Waals surface area contributed by atoms with E-state index >= 15 is 0 Å². The van der Waals surface area contributed by atoms with Gasteiger partial charge in [0, 0.05) is 18.7 Å². The molecule has 1 aliphatic rings. The lowest BCUT2D eigenvalue weighted by atomic mass is 9.94. The number of ether oxygens (including phenoxy) is 1. The van der Waals surface area contributed by atoms with Crippen LogP contribution in [0, 0.1) is 13.8 Å². The van der Waals surface area contributed by atoms with E-state index in [2.05, 4.69) is 36.1 Å². The smallest absolute Gasteiger partial charge is 0.184 e. The highest BCUT2D eigenvalue weighted by Crippen LogP contribution is 2.26. The summed E-state index contributed by atoms with van der Waals surface area (Å²) in [7, 11) is 0. The molecule has 1 saturated heterocycles. The second-order valence-corrected chi connectivity index (χ2v) is 6.19. The van der Waals surface area contributed by atoms with Crippen molar-refractivity contribution < 1.29 is 9.53 Å². The molecule has 0 N–H and O–H groups in total. The fourth-order valence-corrected chi connectivity index (χ4v) is 2.99. The largest absolute Gasteiger partial charge is 0.379 e. The van der Waals surface area contributed by atoms with Crippen LogP contribution in [0.3, 0.4) is 0 Å². The fourth-order valence-electron chi connectivity index (χ4n) is 2.99. The Morgan fingerprint density at radius 3 is 2.00 bits per heavy atom. The van der Waals surface area contributed by atoms with E-state index in [4.69, 9.17) is 4.74 Å².